The first-order valence-corrected chi connectivity index (χ1v) is 10.7. The molecule has 124 valence electrons. The van der Waals surface area contributed by atoms with Crippen LogP contribution < -0.4 is 0 Å². The van der Waals surface area contributed by atoms with Crippen LogP contribution in [0.2, 0.25) is 0 Å². The van der Waals surface area contributed by atoms with Crippen molar-refractivity contribution in [1.82, 2.24) is 0 Å². The molecule has 4 nitrogen and oxygen atoms in total. The number of carbonyl (C=O) groups is 1. The van der Waals surface area contributed by atoms with E-state index >= 15 is 0 Å². The van der Waals surface area contributed by atoms with Crippen LogP contribution in [0.15, 0.2) is 0 Å². The lowest BCUT2D eigenvalue weighted by molar-refractivity contribution is -0.143. The lowest BCUT2D eigenvalue weighted by Crippen LogP contribution is -2.38. The molecule has 1 aliphatic carbocycles. The zero-order valence-electron chi connectivity index (χ0n) is 13.5. The van der Waals surface area contributed by atoms with E-state index in [9.17, 15) is 18.3 Å². The lowest BCUT2D eigenvalue weighted by atomic mass is 9.67. The summed E-state index contributed by atoms with van der Waals surface area (Å²) in [5.41, 5.74) is 0.221. The van der Waals surface area contributed by atoms with Gasteiger partial charge in [-0.3, -0.25) is 4.79 Å². The van der Waals surface area contributed by atoms with Crippen LogP contribution in [-0.4, -0.2) is 42.5 Å². The number of carboxylic acids is 1. The van der Waals surface area contributed by atoms with Crippen molar-refractivity contribution in [3.8, 4) is 0 Å². The first-order valence-electron chi connectivity index (χ1n) is 7.59. The molecular weight excluding hydrogens is 308 g/mol. The SMILES string of the molecule is CCC(C)(C)C1CCC(C(=O)O)C(SCCS(C)(=O)=O)C1. The molecule has 0 aliphatic heterocycles. The maximum atomic E-state index is 11.4. The van der Waals surface area contributed by atoms with Gasteiger partial charge in [-0.15, -0.1) is 0 Å². The number of hydrogen-bond donors (Lipinski definition) is 1. The monoisotopic (exact) mass is 336 g/mol. The molecule has 0 spiro atoms. The van der Waals surface area contributed by atoms with Crippen molar-refractivity contribution in [2.45, 2.75) is 51.7 Å². The van der Waals surface area contributed by atoms with Crippen LogP contribution in [-0.2, 0) is 14.6 Å². The summed E-state index contributed by atoms with van der Waals surface area (Å²) in [6.45, 7) is 6.67. The van der Waals surface area contributed by atoms with E-state index < -0.39 is 15.8 Å². The summed E-state index contributed by atoms with van der Waals surface area (Å²) >= 11 is 1.53. The third kappa shape index (κ3) is 5.81. The van der Waals surface area contributed by atoms with Crippen molar-refractivity contribution in [3.63, 3.8) is 0 Å². The second-order valence-electron chi connectivity index (χ2n) is 6.84. The van der Waals surface area contributed by atoms with E-state index in [-0.39, 0.29) is 22.3 Å². The summed E-state index contributed by atoms with van der Waals surface area (Å²) in [6, 6.07) is 0. The van der Waals surface area contributed by atoms with Crippen molar-refractivity contribution in [3.05, 3.63) is 0 Å². The highest BCUT2D eigenvalue weighted by Crippen LogP contribution is 2.45. The Kier molecular flexibility index (Phi) is 6.59. The standard InChI is InChI=1S/C15H28O4S2/c1-5-15(2,3)11-6-7-12(14(16)17)13(10-11)20-8-9-21(4,18)19/h11-13H,5-10H2,1-4H3,(H,16,17). The number of hydrogen-bond acceptors (Lipinski definition) is 4. The molecule has 0 aromatic heterocycles. The Bertz CT molecular complexity index is 456. The van der Waals surface area contributed by atoms with Crippen LogP contribution in [0.5, 0.6) is 0 Å². The molecule has 21 heavy (non-hydrogen) atoms. The Morgan fingerprint density at radius 2 is 1.95 bits per heavy atom. The summed E-state index contributed by atoms with van der Waals surface area (Å²) < 4.78 is 22.5. The van der Waals surface area contributed by atoms with Crippen molar-refractivity contribution in [2.75, 3.05) is 17.8 Å². The largest absolute Gasteiger partial charge is 0.481 e. The predicted molar refractivity (Wildman–Crippen MR) is 88.5 cm³/mol. The van der Waals surface area contributed by atoms with E-state index in [0.717, 1.165) is 19.3 Å². The molecule has 0 heterocycles. The Labute approximate surface area is 133 Å². The molecule has 6 heteroatoms. The van der Waals surface area contributed by atoms with Crippen LogP contribution in [0, 0.1) is 17.3 Å². The first kappa shape index (κ1) is 18.8. The van der Waals surface area contributed by atoms with E-state index in [2.05, 4.69) is 20.8 Å². The number of aliphatic carboxylic acids is 1. The summed E-state index contributed by atoms with van der Waals surface area (Å²) in [6.07, 6.45) is 4.86. The van der Waals surface area contributed by atoms with Gasteiger partial charge in [-0.1, -0.05) is 27.2 Å². The number of carboxylic acid groups (broad SMARTS) is 1. The number of rotatable bonds is 7. The Morgan fingerprint density at radius 3 is 2.43 bits per heavy atom. The first-order chi connectivity index (χ1) is 9.57. The van der Waals surface area contributed by atoms with Crippen LogP contribution in [0.25, 0.3) is 0 Å². The highest BCUT2D eigenvalue weighted by molar-refractivity contribution is 8.01. The molecule has 1 aliphatic rings. The third-order valence-electron chi connectivity index (χ3n) is 4.91. The highest BCUT2D eigenvalue weighted by atomic mass is 32.2. The molecule has 0 saturated heterocycles. The summed E-state index contributed by atoms with van der Waals surface area (Å²) in [7, 11) is -2.98. The van der Waals surface area contributed by atoms with Gasteiger partial charge in [0, 0.05) is 17.3 Å². The molecule has 1 N–H and O–H groups in total. The molecule has 3 unspecified atom stereocenters. The smallest absolute Gasteiger partial charge is 0.307 e. The fourth-order valence-corrected chi connectivity index (χ4v) is 5.70. The molecular formula is C15H28O4S2. The minimum absolute atomic E-state index is 0.0359. The Hall–Kier alpha value is -0.230. The van der Waals surface area contributed by atoms with Crippen LogP contribution in [0.3, 0.4) is 0 Å². The topological polar surface area (TPSA) is 71.4 Å². The van der Waals surface area contributed by atoms with Crippen molar-refractivity contribution in [2.24, 2.45) is 17.3 Å². The van der Waals surface area contributed by atoms with Gasteiger partial charge in [0.25, 0.3) is 0 Å². The molecule has 1 fully saturated rings. The molecule has 0 bridgehead atoms. The van der Waals surface area contributed by atoms with Gasteiger partial charge in [0.15, 0.2) is 0 Å². The molecule has 1 saturated carbocycles. The van der Waals surface area contributed by atoms with Crippen molar-refractivity contribution >= 4 is 27.6 Å². The van der Waals surface area contributed by atoms with Crippen molar-refractivity contribution in [1.29, 1.82) is 0 Å². The van der Waals surface area contributed by atoms with Crippen LogP contribution >= 0.6 is 11.8 Å². The summed E-state index contributed by atoms with van der Waals surface area (Å²) in [5.74, 6) is 0.0708. The maximum absolute atomic E-state index is 11.4. The predicted octanol–water partition coefficient (Wildman–Crippen LogP) is 3.07. The van der Waals surface area contributed by atoms with Gasteiger partial charge in [-0.05, 0) is 30.6 Å². The van der Waals surface area contributed by atoms with Gasteiger partial charge in [-0.25, -0.2) is 8.42 Å². The minimum Gasteiger partial charge on any atom is -0.481 e. The number of thioether (sulfide) groups is 1. The second kappa shape index (κ2) is 7.36. The molecule has 3 atom stereocenters. The lowest BCUT2D eigenvalue weighted by Gasteiger charge is -2.41. The Balaban J connectivity index is 2.70. The average Bonchev–Trinajstić information content (AvgIpc) is 2.36. The summed E-state index contributed by atoms with van der Waals surface area (Å²) in [5, 5.41) is 9.42. The van der Waals surface area contributed by atoms with Crippen LogP contribution in [0.4, 0.5) is 0 Å². The van der Waals surface area contributed by atoms with E-state index in [1.165, 1.54) is 18.0 Å². The number of sulfone groups is 1. The van der Waals surface area contributed by atoms with Crippen LogP contribution in [0.1, 0.15) is 46.5 Å². The third-order valence-corrected chi connectivity index (χ3v) is 7.50. The maximum Gasteiger partial charge on any atom is 0.307 e. The van der Waals surface area contributed by atoms with E-state index in [4.69, 9.17) is 0 Å². The molecule has 0 radical (unpaired) electrons. The quantitative estimate of drug-likeness (QED) is 0.773. The van der Waals surface area contributed by atoms with Gasteiger partial charge < -0.3 is 5.11 Å². The van der Waals surface area contributed by atoms with E-state index in [0.29, 0.717) is 18.1 Å². The zero-order valence-corrected chi connectivity index (χ0v) is 15.1. The Morgan fingerprint density at radius 1 is 1.33 bits per heavy atom. The molecule has 0 aromatic rings. The normalized spacial score (nSPS) is 27.5. The molecule has 0 amide bonds. The van der Waals surface area contributed by atoms with Crippen molar-refractivity contribution < 1.29 is 18.3 Å². The second-order valence-corrected chi connectivity index (χ2v) is 10.4. The highest BCUT2D eigenvalue weighted by Gasteiger charge is 2.40. The van der Waals surface area contributed by atoms with Gasteiger partial charge in [0.05, 0.1) is 11.7 Å². The molecule has 0 aromatic carbocycles. The van der Waals surface area contributed by atoms with E-state index in [1.54, 1.807) is 0 Å². The van der Waals surface area contributed by atoms with Gasteiger partial charge in [0.1, 0.15) is 9.84 Å². The van der Waals surface area contributed by atoms with Gasteiger partial charge in [-0.2, -0.15) is 11.8 Å². The van der Waals surface area contributed by atoms with Gasteiger partial charge in [0.2, 0.25) is 0 Å². The molecule has 1 rings (SSSR count). The minimum atomic E-state index is -2.98. The van der Waals surface area contributed by atoms with Gasteiger partial charge >= 0.3 is 5.97 Å². The fraction of sp³-hybridized carbons (Fsp3) is 0.933. The average molecular weight is 337 g/mol. The fourth-order valence-electron chi connectivity index (χ4n) is 2.95. The summed E-state index contributed by atoms with van der Waals surface area (Å²) in [4.78, 5) is 11.4. The zero-order chi connectivity index (χ0) is 16.3. The van der Waals surface area contributed by atoms with E-state index in [1.807, 2.05) is 0 Å².